The fourth-order valence-corrected chi connectivity index (χ4v) is 3.37. The van der Waals surface area contributed by atoms with Gasteiger partial charge in [-0.2, -0.15) is 0 Å². The van der Waals surface area contributed by atoms with Crippen LogP contribution < -0.4 is 4.72 Å². The number of hydrogen-bond donors (Lipinski definition) is 1. The van der Waals surface area contributed by atoms with Crippen LogP contribution in [0.1, 0.15) is 25.5 Å². The molecule has 2 rings (SSSR count). The van der Waals surface area contributed by atoms with Gasteiger partial charge >= 0.3 is 0 Å². The first kappa shape index (κ1) is 15.3. The van der Waals surface area contributed by atoms with Crippen LogP contribution in [0.5, 0.6) is 0 Å². The van der Waals surface area contributed by atoms with Crippen molar-refractivity contribution in [1.29, 1.82) is 0 Å². The van der Waals surface area contributed by atoms with Gasteiger partial charge in [-0.15, -0.1) is 0 Å². The van der Waals surface area contributed by atoms with E-state index in [-0.39, 0.29) is 6.04 Å². The molecule has 112 valence electrons. The number of likely N-dealkylation sites (tertiary alicyclic amines) is 1. The van der Waals surface area contributed by atoms with Crippen molar-refractivity contribution in [2.24, 2.45) is 0 Å². The smallest absolute Gasteiger partial charge is 0.208 e. The zero-order valence-electron chi connectivity index (χ0n) is 12.0. The zero-order valence-corrected chi connectivity index (χ0v) is 12.8. The maximum Gasteiger partial charge on any atom is 0.208 e. The quantitative estimate of drug-likeness (QED) is 0.898. The van der Waals surface area contributed by atoms with Crippen LogP contribution in [-0.4, -0.2) is 45.2 Å². The SMILES string of the molecule is C/C(=C\c1ccco1)CN1CCC(NS(C)(=O)=O)CC1. The van der Waals surface area contributed by atoms with Gasteiger partial charge in [0.15, 0.2) is 0 Å². The Bertz CT molecular complexity index is 541. The predicted octanol–water partition coefficient (Wildman–Crippen LogP) is 1.70. The van der Waals surface area contributed by atoms with E-state index >= 15 is 0 Å². The summed E-state index contributed by atoms with van der Waals surface area (Å²) < 4.78 is 30.4. The molecule has 0 aromatic carbocycles. The standard InChI is InChI=1S/C14H22N2O3S/c1-12(10-14-4-3-9-19-14)11-16-7-5-13(6-8-16)15-20(2,17)18/h3-4,9-10,13,15H,5-8,11H2,1-2H3/b12-10+. The first-order chi connectivity index (χ1) is 9.42. The van der Waals surface area contributed by atoms with E-state index in [0.29, 0.717) is 0 Å². The lowest BCUT2D eigenvalue weighted by Crippen LogP contribution is -2.44. The molecule has 1 aromatic rings. The first-order valence-corrected chi connectivity index (χ1v) is 8.72. The highest BCUT2D eigenvalue weighted by Crippen LogP contribution is 2.14. The van der Waals surface area contributed by atoms with Crippen molar-refractivity contribution in [2.75, 3.05) is 25.9 Å². The second-order valence-electron chi connectivity index (χ2n) is 5.45. The average Bonchev–Trinajstić information content (AvgIpc) is 2.82. The Morgan fingerprint density at radius 3 is 2.75 bits per heavy atom. The van der Waals surface area contributed by atoms with Gasteiger partial charge < -0.3 is 4.42 Å². The number of furan rings is 1. The van der Waals surface area contributed by atoms with Crippen molar-refractivity contribution >= 4 is 16.1 Å². The van der Waals surface area contributed by atoms with Crippen molar-refractivity contribution in [1.82, 2.24) is 9.62 Å². The molecule has 0 atom stereocenters. The van der Waals surface area contributed by atoms with Gasteiger partial charge in [0.05, 0.1) is 12.5 Å². The van der Waals surface area contributed by atoms with Gasteiger partial charge in [0.2, 0.25) is 10.0 Å². The third kappa shape index (κ3) is 5.11. The van der Waals surface area contributed by atoms with Crippen molar-refractivity contribution in [2.45, 2.75) is 25.8 Å². The topological polar surface area (TPSA) is 62.6 Å². The summed E-state index contributed by atoms with van der Waals surface area (Å²) >= 11 is 0. The van der Waals surface area contributed by atoms with Crippen LogP contribution in [0, 0.1) is 0 Å². The summed E-state index contributed by atoms with van der Waals surface area (Å²) in [6, 6.07) is 3.89. The molecule has 0 spiro atoms. The summed E-state index contributed by atoms with van der Waals surface area (Å²) in [5.41, 5.74) is 1.24. The van der Waals surface area contributed by atoms with E-state index < -0.39 is 10.0 Å². The van der Waals surface area contributed by atoms with E-state index in [1.165, 1.54) is 11.8 Å². The highest BCUT2D eigenvalue weighted by atomic mass is 32.2. The Labute approximate surface area is 120 Å². The fraction of sp³-hybridized carbons (Fsp3) is 0.571. The molecule has 1 saturated heterocycles. The fourth-order valence-electron chi connectivity index (χ4n) is 2.53. The second kappa shape index (κ2) is 6.56. The average molecular weight is 298 g/mol. The van der Waals surface area contributed by atoms with Crippen molar-refractivity contribution in [3.63, 3.8) is 0 Å². The van der Waals surface area contributed by atoms with E-state index in [2.05, 4.69) is 16.5 Å². The van der Waals surface area contributed by atoms with Gasteiger partial charge in [0.25, 0.3) is 0 Å². The monoisotopic (exact) mass is 298 g/mol. The molecule has 1 aliphatic heterocycles. The molecule has 1 aromatic heterocycles. The number of sulfonamides is 1. The van der Waals surface area contributed by atoms with Crippen molar-refractivity contribution in [3.05, 3.63) is 29.7 Å². The van der Waals surface area contributed by atoms with Gasteiger partial charge in [-0.25, -0.2) is 13.1 Å². The van der Waals surface area contributed by atoms with E-state index in [4.69, 9.17) is 4.42 Å². The van der Waals surface area contributed by atoms with Gasteiger partial charge in [0, 0.05) is 12.6 Å². The molecular weight excluding hydrogens is 276 g/mol. The summed E-state index contributed by atoms with van der Waals surface area (Å²) in [6.45, 7) is 4.81. The number of hydrogen-bond acceptors (Lipinski definition) is 4. The number of piperidine rings is 1. The molecule has 2 heterocycles. The number of rotatable bonds is 5. The molecule has 1 N–H and O–H groups in total. The lowest BCUT2D eigenvalue weighted by atomic mass is 10.1. The lowest BCUT2D eigenvalue weighted by Gasteiger charge is -2.32. The molecule has 20 heavy (non-hydrogen) atoms. The van der Waals surface area contributed by atoms with Crippen LogP contribution >= 0.6 is 0 Å². The maximum absolute atomic E-state index is 11.2. The molecule has 6 heteroatoms. The van der Waals surface area contributed by atoms with E-state index in [9.17, 15) is 8.42 Å². The molecule has 0 radical (unpaired) electrons. The third-order valence-electron chi connectivity index (χ3n) is 3.37. The summed E-state index contributed by atoms with van der Waals surface area (Å²) in [6.07, 6.45) is 6.65. The molecule has 0 saturated carbocycles. The van der Waals surface area contributed by atoms with Crippen LogP contribution in [0.15, 0.2) is 28.4 Å². The predicted molar refractivity (Wildman–Crippen MR) is 79.8 cm³/mol. The van der Waals surface area contributed by atoms with Crippen LogP contribution in [0.3, 0.4) is 0 Å². The largest absolute Gasteiger partial charge is 0.465 e. The molecule has 0 unspecified atom stereocenters. The minimum atomic E-state index is -3.09. The van der Waals surface area contributed by atoms with Crippen LogP contribution in [0.4, 0.5) is 0 Å². The summed E-state index contributed by atoms with van der Waals surface area (Å²) in [5, 5.41) is 0. The van der Waals surface area contributed by atoms with Gasteiger partial charge in [-0.3, -0.25) is 4.90 Å². The Balaban J connectivity index is 1.80. The van der Waals surface area contributed by atoms with Gasteiger partial charge in [-0.05, 0) is 51.1 Å². The third-order valence-corrected chi connectivity index (χ3v) is 4.13. The summed E-state index contributed by atoms with van der Waals surface area (Å²) in [4.78, 5) is 2.34. The minimum Gasteiger partial charge on any atom is -0.465 e. The zero-order chi connectivity index (χ0) is 14.6. The van der Waals surface area contributed by atoms with Gasteiger partial charge in [0.1, 0.15) is 5.76 Å². The van der Waals surface area contributed by atoms with Crippen LogP contribution in [0.2, 0.25) is 0 Å². The van der Waals surface area contributed by atoms with Crippen LogP contribution in [-0.2, 0) is 10.0 Å². The van der Waals surface area contributed by atoms with E-state index in [0.717, 1.165) is 38.2 Å². The van der Waals surface area contributed by atoms with Crippen molar-refractivity contribution in [3.8, 4) is 0 Å². The second-order valence-corrected chi connectivity index (χ2v) is 7.23. The molecule has 5 nitrogen and oxygen atoms in total. The maximum atomic E-state index is 11.2. The molecule has 0 bridgehead atoms. The molecule has 0 amide bonds. The Morgan fingerprint density at radius 1 is 1.50 bits per heavy atom. The molecule has 1 aliphatic rings. The summed E-state index contributed by atoms with van der Waals surface area (Å²) in [7, 11) is -3.09. The highest BCUT2D eigenvalue weighted by Gasteiger charge is 2.21. The van der Waals surface area contributed by atoms with E-state index in [1.54, 1.807) is 6.26 Å². The van der Waals surface area contributed by atoms with Crippen LogP contribution in [0.25, 0.3) is 6.08 Å². The van der Waals surface area contributed by atoms with E-state index in [1.807, 2.05) is 18.2 Å². The molecule has 0 aliphatic carbocycles. The lowest BCUT2D eigenvalue weighted by molar-refractivity contribution is 0.223. The van der Waals surface area contributed by atoms with Crippen molar-refractivity contribution < 1.29 is 12.8 Å². The summed E-state index contributed by atoms with van der Waals surface area (Å²) in [5.74, 6) is 0.871. The number of nitrogens with one attached hydrogen (secondary N) is 1. The molecule has 1 fully saturated rings. The molecular formula is C14H22N2O3S. The number of nitrogens with zero attached hydrogens (tertiary/aromatic N) is 1. The highest BCUT2D eigenvalue weighted by molar-refractivity contribution is 7.88. The normalized spacial score (nSPS) is 19.4. The Hall–Kier alpha value is -1.11. The van der Waals surface area contributed by atoms with Gasteiger partial charge in [-0.1, -0.05) is 5.57 Å². The Morgan fingerprint density at radius 2 is 2.20 bits per heavy atom. The first-order valence-electron chi connectivity index (χ1n) is 6.83. The minimum absolute atomic E-state index is 0.0793. The Kier molecular flexibility index (Phi) is 5.01.